The highest BCUT2D eigenvalue weighted by molar-refractivity contribution is 5.73. The molecule has 0 aliphatic heterocycles. The molecule has 29 heavy (non-hydrogen) atoms. The van der Waals surface area contributed by atoms with Gasteiger partial charge < -0.3 is 21.1 Å². The van der Waals surface area contributed by atoms with Gasteiger partial charge in [0.05, 0.1) is 18.3 Å². The van der Waals surface area contributed by atoms with Crippen molar-refractivity contribution in [2.45, 2.75) is 96.9 Å². The van der Waals surface area contributed by atoms with E-state index in [1.165, 1.54) is 0 Å². The molecule has 0 bridgehead atoms. The van der Waals surface area contributed by atoms with Crippen LogP contribution in [0.4, 0.5) is 0 Å². The van der Waals surface area contributed by atoms with Crippen LogP contribution in [-0.4, -0.2) is 39.5 Å². The summed E-state index contributed by atoms with van der Waals surface area (Å²) in [6.45, 7) is 6.82. The summed E-state index contributed by atoms with van der Waals surface area (Å²) < 4.78 is 0. The zero-order chi connectivity index (χ0) is 21.1. The third kappa shape index (κ3) is 3.27. The minimum Gasteiger partial charge on any atom is -0.393 e. The van der Waals surface area contributed by atoms with Crippen molar-refractivity contribution in [3.05, 3.63) is 0 Å². The van der Waals surface area contributed by atoms with E-state index in [-0.39, 0.29) is 41.0 Å². The molecule has 11 atom stereocenters. The summed E-state index contributed by atoms with van der Waals surface area (Å²) in [5.41, 5.74) is 5.30. The molecule has 0 radical (unpaired) electrons. The second-order valence-corrected chi connectivity index (χ2v) is 11.5. The SMILES string of the molecule is C[C@H](CCC(N)=O)C1CC[C@H]2C3[C@H](O)CC4C[C@H](O)CCC4(C)[C@H]3C[C@H](O)C12C. The third-order valence-corrected chi connectivity index (χ3v) is 10.4. The molecule has 0 heterocycles. The number of aliphatic hydroxyl groups excluding tert-OH is 3. The molecule has 0 saturated heterocycles. The molecule has 0 aromatic heterocycles. The average molecular weight is 408 g/mol. The molecule has 166 valence electrons. The van der Waals surface area contributed by atoms with Crippen molar-refractivity contribution in [2.75, 3.05) is 0 Å². The lowest BCUT2D eigenvalue weighted by Gasteiger charge is -2.63. The average Bonchev–Trinajstić information content (AvgIpc) is 3.01. The van der Waals surface area contributed by atoms with Crippen LogP contribution in [0.15, 0.2) is 0 Å². The minimum atomic E-state index is -0.369. The van der Waals surface area contributed by atoms with Crippen LogP contribution in [0, 0.1) is 46.3 Å². The van der Waals surface area contributed by atoms with Crippen molar-refractivity contribution < 1.29 is 20.1 Å². The zero-order valence-corrected chi connectivity index (χ0v) is 18.4. The normalized spacial score (nSPS) is 52.9. The number of primary amides is 1. The van der Waals surface area contributed by atoms with E-state index >= 15 is 0 Å². The van der Waals surface area contributed by atoms with E-state index in [9.17, 15) is 20.1 Å². The molecule has 0 aromatic rings. The number of rotatable bonds is 4. The highest BCUT2D eigenvalue weighted by Gasteiger charge is 2.65. The van der Waals surface area contributed by atoms with Crippen LogP contribution < -0.4 is 5.73 Å². The molecular formula is C24H41NO4. The summed E-state index contributed by atoms with van der Waals surface area (Å²) in [6.07, 6.45) is 6.56. The van der Waals surface area contributed by atoms with Crippen LogP contribution in [0.1, 0.15) is 78.6 Å². The molecular weight excluding hydrogens is 366 g/mol. The summed E-state index contributed by atoms with van der Waals surface area (Å²) in [5, 5.41) is 33.0. The number of nitrogens with two attached hydrogens (primary N) is 1. The summed E-state index contributed by atoms with van der Waals surface area (Å²) in [7, 11) is 0. The number of hydrogen-bond acceptors (Lipinski definition) is 4. The van der Waals surface area contributed by atoms with Gasteiger partial charge in [0.25, 0.3) is 0 Å². The highest BCUT2D eigenvalue weighted by atomic mass is 16.3. The Morgan fingerprint density at radius 3 is 2.48 bits per heavy atom. The Kier molecular flexibility index (Phi) is 5.57. The Bertz CT molecular complexity index is 640. The molecule has 4 saturated carbocycles. The lowest BCUT2D eigenvalue weighted by molar-refractivity contribution is -0.207. The summed E-state index contributed by atoms with van der Waals surface area (Å²) in [6, 6.07) is 0. The predicted molar refractivity (Wildman–Crippen MR) is 112 cm³/mol. The molecule has 4 aliphatic rings. The second-order valence-electron chi connectivity index (χ2n) is 11.5. The molecule has 4 rings (SSSR count). The van der Waals surface area contributed by atoms with E-state index in [4.69, 9.17) is 5.73 Å². The Balaban J connectivity index is 1.61. The standard InChI is InChI=1S/C24H41NO4/c1-13(4-7-21(25)29)16-5-6-17-22-18(12-20(28)24(16,17)3)23(2)9-8-15(26)10-14(23)11-19(22)27/h13-20,22,26-28H,4-12H2,1-3H3,(H2,25,29)/t13-,14?,15-,16?,17+,18+,19-,20+,22?,23?,24?/m1/s1. The van der Waals surface area contributed by atoms with Gasteiger partial charge in [0.15, 0.2) is 0 Å². The molecule has 0 aromatic carbocycles. The second kappa shape index (κ2) is 7.49. The quantitative estimate of drug-likeness (QED) is 0.575. The maximum atomic E-state index is 11.5. The van der Waals surface area contributed by atoms with Gasteiger partial charge in [0, 0.05) is 6.42 Å². The van der Waals surface area contributed by atoms with Gasteiger partial charge in [-0.2, -0.15) is 0 Å². The first-order valence-corrected chi connectivity index (χ1v) is 11.9. The molecule has 1 amide bonds. The fraction of sp³-hybridized carbons (Fsp3) is 0.958. The van der Waals surface area contributed by atoms with Gasteiger partial charge in [0.2, 0.25) is 5.91 Å². The summed E-state index contributed by atoms with van der Waals surface area (Å²) in [4.78, 5) is 11.3. The first kappa shape index (κ1) is 21.6. The van der Waals surface area contributed by atoms with Crippen molar-refractivity contribution in [1.82, 2.24) is 0 Å². The zero-order valence-electron chi connectivity index (χ0n) is 18.4. The topological polar surface area (TPSA) is 104 Å². The van der Waals surface area contributed by atoms with Crippen molar-refractivity contribution in [1.29, 1.82) is 0 Å². The van der Waals surface area contributed by atoms with Crippen LogP contribution in [-0.2, 0) is 4.79 Å². The van der Waals surface area contributed by atoms with Gasteiger partial charge in [-0.1, -0.05) is 20.8 Å². The smallest absolute Gasteiger partial charge is 0.217 e. The first-order valence-electron chi connectivity index (χ1n) is 11.9. The number of carbonyl (C=O) groups is 1. The Labute approximate surface area is 175 Å². The van der Waals surface area contributed by atoms with Crippen molar-refractivity contribution in [3.8, 4) is 0 Å². The highest BCUT2D eigenvalue weighted by Crippen LogP contribution is 2.68. The van der Waals surface area contributed by atoms with E-state index in [0.717, 1.165) is 51.4 Å². The van der Waals surface area contributed by atoms with Crippen LogP contribution in [0.5, 0.6) is 0 Å². The van der Waals surface area contributed by atoms with Crippen LogP contribution >= 0.6 is 0 Å². The predicted octanol–water partition coefficient (Wildman–Crippen LogP) is 2.85. The van der Waals surface area contributed by atoms with E-state index < -0.39 is 0 Å². The summed E-state index contributed by atoms with van der Waals surface area (Å²) in [5.74, 6) is 1.72. The number of carbonyl (C=O) groups excluding carboxylic acids is 1. The lowest BCUT2D eigenvalue weighted by Crippen LogP contribution is -2.62. The van der Waals surface area contributed by atoms with Gasteiger partial charge in [-0.05, 0) is 97.7 Å². The van der Waals surface area contributed by atoms with E-state index in [0.29, 0.717) is 36.0 Å². The number of hydrogen-bond donors (Lipinski definition) is 4. The van der Waals surface area contributed by atoms with Crippen LogP contribution in [0.25, 0.3) is 0 Å². The largest absolute Gasteiger partial charge is 0.393 e. The van der Waals surface area contributed by atoms with Gasteiger partial charge in [-0.15, -0.1) is 0 Å². The molecule has 5 heteroatoms. The fourth-order valence-electron chi connectivity index (χ4n) is 8.70. The molecule has 5 unspecified atom stereocenters. The van der Waals surface area contributed by atoms with Gasteiger partial charge in [-0.3, -0.25) is 4.79 Å². The van der Waals surface area contributed by atoms with Gasteiger partial charge in [0.1, 0.15) is 0 Å². The molecule has 0 spiro atoms. The molecule has 4 fully saturated rings. The molecule has 5 N–H and O–H groups in total. The monoisotopic (exact) mass is 407 g/mol. The molecule has 4 aliphatic carbocycles. The van der Waals surface area contributed by atoms with E-state index in [1.807, 2.05) is 0 Å². The van der Waals surface area contributed by atoms with Gasteiger partial charge >= 0.3 is 0 Å². The van der Waals surface area contributed by atoms with E-state index in [1.54, 1.807) is 0 Å². The number of fused-ring (bicyclic) bond motifs is 5. The number of aliphatic hydroxyl groups is 3. The maximum absolute atomic E-state index is 11.5. The lowest BCUT2D eigenvalue weighted by atomic mass is 9.43. The van der Waals surface area contributed by atoms with Crippen LogP contribution in [0.3, 0.4) is 0 Å². The Morgan fingerprint density at radius 1 is 1.07 bits per heavy atom. The Hall–Kier alpha value is -0.650. The van der Waals surface area contributed by atoms with Crippen molar-refractivity contribution in [2.24, 2.45) is 52.1 Å². The Morgan fingerprint density at radius 2 is 1.79 bits per heavy atom. The van der Waals surface area contributed by atoms with Crippen LogP contribution in [0.2, 0.25) is 0 Å². The summed E-state index contributed by atoms with van der Waals surface area (Å²) >= 11 is 0. The number of amides is 1. The van der Waals surface area contributed by atoms with Gasteiger partial charge in [-0.25, -0.2) is 0 Å². The molecule has 5 nitrogen and oxygen atoms in total. The van der Waals surface area contributed by atoms with Crippen molar-refractivity contribution >= 4 is 5.91 Å². The third-order valence-electron chi connectivity index (χ3n) is 10.4. The first-order chi connectivity index (χ1) is 13.6. The van der Waals surface area contributed by atoms with E-state index in [2.05, 4.69) is 20.8 Å². The minimum absolute atomic E-state index is 0.112. The van der Waals surface area contributed by atoms with Crippen molar-refractivity contribution in [3.63, 3.8) is 0 Å². The fourth-order valence-corrected chi connectivity index (χ4v) is 8.70. The maximum Gasteiger partial charge on any atom is 0.217 e.